The number of hydrogen-bond donors (Lipinski definition) is 0. The van der Waals surface area contributed by atoms with Crippen LogP contribution in [0.5, 0.6) is 0 Å². The second-order valence-electron chi connectivity index (χ2n) is 3.47. The van der Waals surface area contributed by atoms with E-state index >= 15 is 0 Å². The van der Waals surface area contributed by atoms with Crippen molar-refractivity contribution in [1.82, 2.24) is 4.67 Å². The smallest absolute Gasteiger partial charge is 0.0351 e. The van der Waals surface area contributed by atoms with Crippen molar-refractivity contribution in [2.45, 2.75) is 26.2 Å². The van der Waals surface area contributed by atoms with Crippen molar-refractivity contribution in [2.75, 3.05) is 34.0 Å². The molecule has 1 fully saturated rings. The molecular weight excluding hydrogens is 181 g/mol. The van der Waals surface area contributed by atoms with Crippen molar-refractivity contribution in [1.29, 1.82) is 0 Å². The van der Waals surface area contributed by atoms with Crippen LogP contribution in [0, 0.1) is 5.92 Å². The third-order valence-corrected chi connectivity index (χ3v) is 3.59. The molecule has 0 spiro atoms. The number of ether oxygens (including phenoxy) is 1. The van der Waals surface area contributed by atoms with Gasteiger partial charge in [-0.3, -0.25) is 4.67 Å². The summed E-state index contributed by atoms with van der Waals surface area (Å²) in [5, 5.41) is 0. The molecule has 80 valence electrons. The standard InChI is InChI=1S/C8H18NP.C2H6O/c1-3-8-4-6-9(10-2)7-5-8;1-3-2/h8,10H,3-7H2,1-2H3;1-2H3. The molecule has 13 heavy (non-hydrogen) atoms. The van der Waals surface area contributed by atoms with Gasteiger partial charge in [0.2, 0.25) is 0 Å². The van der Waals surface area contributed by atoms with Crippen LogP contribution in [0.15, 0.2) is 0 Å². The van der Waals surface area contributed by atoms with Crippen LogP contribution >= 0.6 is 8.73 Å². The van der Waals surface area contributed by atoms with E-state index in [1.54, 1.807) is 14.2 Å². The lowest BCUT2D eigenvalue weighted by atomic mass is 9.96. The largest absolute Gasteiger partial charge is 0.388 e. The molecule has 0 saturated carbocycles. The molecule has 1 aliphatic heterocycles. The van der Waals surface area contributed by atoms with Crippen molar-refractivity contribution in [3.05, 3.63) is 0 Å². The SMILES string of the molecule is CCC1CCN(PC)CC1.COC. The number of rotatable bonds is 2. The molecule has 1 atom stereocenters. The van der Waals surface area contributed by atoms with Crippen LogP contribution in [0.25, 0.3) is 0 Å². The molecule has 1 aliphatic rings. The van der Waals surface area contributed by atoms with Crippen LogP contribution in [0.2, 0.25) is 0 Å². The van der Waals surface area contributed by atoms with Gasteiger partial charge in [-0.25, -0.2) is 0 Å². The number of hydrogen-bond acceptors (Lipinski definition) is 2. The normalized spacial score (nSPS) is 20.3. The minimum absolute atomic E-state index is 1.03. The minimum atomic E-state index is 1.03. The zero-order valence-electron chi connectivity index (χ0n) is 9.47. The summed E-state index contributed by atoms with van der Waals surface area (Å²) in [5.41, 5.74) is 0. The Hall–Kier alpha value is 0.350. The molecule has 3 heteroatoms. The van der Waals surface area contributed by atoms with Crippen LogP contribution in [0.1, 0.15) is 26.2 Å². The summed E-state index contributed by atoms with van der Waals surface area (Å²) in [6, 6.07) is 0. The molecule has 0 bridgehead atoms. The lowest BCUT2D eigenvalue weighted by Gasteiger charge is -2.29. The molecule has 0 amide bonds. The maximum atomic E-state index is 4.25. The zero-order chi connectivity index (χ0) is 10.1. The van der Waals surface area contributed by atoms with E-state index in [1.165, 1.54) is 32.4 Å². The van der Waals surface area contributed by atoms with Gasteiger partial charge in [0.15, 0.2) is 0 Å². The Balaban J connectivity index is 0.000000424. The summed E-state index contributed by atoms with van der Waals surface area (Å²) < 4.78 is 6.83. The van der Waals surface area contributed by atoms with Gasteiger partial charge in [0.25, 0.3) is 0 Å². The molecule has 0 radical (unpaired) electrons. The Kier molecular flexibility index (Phi) is 9.17. The molecule has 0 aliphatic carbocycles. The van der Waals surface area contributed by atoms with E-state index in [9.17, 15) is 0 Å². The van der Waals surface area contributed by atoms with Crippen molar-refractivity contribution in [3.63, 3.8) is 0 Å². The van der Waals surface area contributed by atoms with Crippen LogP contribution in [0.4, 0.5) is 0 Å². The lowest BCUT2D eigenvalue weighted by molar-refractivity contribution is 0.277. The molecule has 2 nitrogen and oxygen atoms in total. The second-order valence-corrected chi connectivity index (χ2v) is 4.55. The van der Waals surface area contributed by atoms with Gasteiger partial charge in [-0.1, -0.05) is 22.1 Å². The molecule has 1 rings (SSSR count). The van der Waals surface area contributed by atoms with Gasteiger partial charge in [0, 0.05) is 27.3 Å². The van der Waals surface area contributed by atoms with Crippen LogP contribution in [-0.2, 0) is 4.74 Å². The fraction of sp³-hybridized carbons (Fsp3) is 1.00. The minimum Gasteiger partial charge on any atom is -0.388 e. The van der Waals surface area contributed by atoms with E-state index in [0.717, 1.165) is 14.6 Å². The topological polar surface area (TPSA) is 12.5 Å². The highest BCUT2D eigenvalue weighted by Gasteiger charge is 2.15. The maximum Gasteiger partial charge on any atom is 0.0351 e. The number of piperidine rings is 1. The highest BCUT2D eigenvalue weighted by molar-refractivity contribution is 7.34. The zero-order valence-corrected chi connectivity index (χ0v) is 10.5. The van der Waals surface area contributed by atoms with Gasteiger partial charge >= 0.3 is 0 Å². The van der Waals surface area contributed by atoms with E-state index in [0.29, 0.717) is 0 Å². The summed E-state index contributed by atoms with van der Waals surface area (Å²) >= 11 is 0. The average molecular weight is 205 g/mol. The molecular formula is C10H24NOP. The van der Waals surface area contributed by atoms with E-state index in [1.807, 2.05) is 0 Å². The first-order valence-corrected chi connectivity index (χ1v) is 6.55. The Morgan fingerprint density at radius 2 is 1.77 bits per heavy atom. The van der Waals surface area contributed by atoms with Gasteiger partial charge in [-0.05, 0) is 25.4 Å². The van der Waals surface area contributed by atoms with E-state index in [2.05, 4.69) is 23.0 Å². The molecule has 1 unspecified atom stereocenters. The van der Waals surface area contributed by atoms with E-state index in [-0.39, 0.29) is 0 Å². The molecule has 0 aromatic heterocycles. The van der Waals surface area contributed by atoms with Crippen LogP contribution in [-0.4, -0.2) is 38.6 Å². The van der Waals surface area contributed by atoms with Gasteiger partial charge in [-0.15, -0.1) is 0 Å². The first kappa shape index (κ1) is 13.4. The Morgan fingerprint density at radius 1 is 1.31 bits per heavy atom. The summed E-state index contributed by atoms with van der Waals surface area (Å²) in [6.45, 7) is 7.31. The van der Waals surface area contributed by atoms with Gasteiger partial charge in [-0.2, -0.15) is 0 Å². The first-order chi connectivity index (χ1) is 6.28. The Morgan fingerprint density at radius 3 is 2.08 bits per heavy atom. The summed E-state index contributed by atoms with van der Waals surface area (Å²) in [4.78, 5) is 0. The number of nitrogens with zero attached hydrogens (tertiary/aromatic N) is 1. The van der Waals surface area contributed by atoms with Crippen molar-refractivity contribution in [3.8, 4) is 0 Å². The Bertz CT molecular complexity index is 91.1. The van der Waals surface area contributed by atoms with Crippen molar-refractivity contribution < 1.29 is 4.74 Å². The van der Waals surface area contributed by atoms with Gasteiger partial charge < -0.3 is 4.74 Å². The Labute approximate surface area is 84.9 Å². The van der Waals surface area contributed by atoms with Crippen LogP contribution in [0.3, 0.4) is 0 Å². The highest BCUT2D eigenvalue weighted by Crippen LogP contribution is 2.25. The lowest BCUT2D eigenvalue weighted by Crippen LogP contribution is -2.26. The highest BCUT2D eigenvalue weighted by atomic mass is 31.1. The number of methoxy groups -OCH3 is 1. The van der Waals surface area contributed by atoms with Gasteiger partial charge in [0.05, 0.1) is 0 Å². The maximum absolute atomic E-state index is 4.25. The summed E-state index contributed by atoms with van der Waals surface area (Å²) in [5.74, 6) is 1.03. The molecule has 1 saturated heterocycles. The monoisotopic (exact) mass is 205 g/mol. The third kappa shape index (κ3) is 6.42. The second kappa shape index (κ2) is 8.93. The summed E-state index contributed by atoms with van der Waals surface area (Å²) in [7, 11) is 4.28. The van der Waals surface area contributed by atoms with Gasteiger partial charge in [0.1, 0.15) is 0 Å². The van der Waals surface area contributed by atoms with E-state index in [4.69, 9.17) is 0 Å². The van der Waals surface area contributed by atoms with Crippen molar-refractivity contribution in [2.24, 2.45) is 5.92 Å². The molecule has 0 N–H and O–H groups in total. The first-order valence-electron chi connectivity index (χ1n) is 5.10. The fourth-order valence-corrected chi connectivity index (χ4v) is 2.27. The third-order valence-electron chi connectivity index (χ3n) is 2.51. The molecule has 0 aromatic carbocycles. The molecule has 0 aromatic rings. The predicted octanol–water partition coefficient (Wildman–Crippen LogP) is 2.59. The van der Waals surface area contributed by atoms with Crippen LogP contribution < -0.4 is 0 Å². The van der Waals surface area contributed by atoms with E-state index < -0.39 is 0 Å². The summed E-state index contributed by atoms with van der Waals surface area (Å²) in [6.07, 6.45) is 4.27. The average Bonchev–Trinajstić information content (AvgIpc) is 2.19. The van der Waals surface area contributed by atoms with Crippen molar-refractivity contribution >= 4 is 8.73 Å². The predicted molar refractivity (Wildman–Crippen MR) is 61.8 cm³/mol. The molecule has 1 heterocycles. The fourth-order valence-electron chi connectivity index (χ4n) is 1.56. The quantitative estimate of drug-likeness (QED) is 0.642.